The molecule has 0 amide bonds. The number of rotatable bonds is 4. The third-order valence-electron chi connectivity index (χ3n) is 1.85. The number of anilines is 1. The molecule has 96 valence electrons. The Morgan fingerprint density at radius 2 is 1.89 bits per heavy atom. The van der Waals surface area contributed by atoms with Gasteiger partial charge in [-0.2, -0.15) is 0 Å². The zero-order valence-corrected chi connectivity index (χ0v) is 9.22. The Balaban J connectivity index is 3.00. The smallest absolute Gasteiger partial charge is 0.366 e. The monoisotopic (exact) mass is 259 g/mol. The number of esters is 1. The molecule has 7 heteroatoms. The molecule has 1 N–H and O–H groups in total. The first-order valence-electron chi connectivity index (χ1n) is 4.83. The molecule has 0 aromatic heterocycles. The van der Waals surface area contributed by atoms with Crippen molar-refractivity contribution in [2.45, 2.75) is 6.92 Å². The van der Waals surface area contributed by atoms with Gasteiger partial charge in [-0.1, -0.05) is 0 Å². The van der Waals surface area contributed by atoms with Gasteiger partial charge in [-0.25, -0.2) is 22.8 Å². The predicted octanol–water partition coefficient (Wildman–Crippen LogP) is 1.79. The highest BCUT2D eigenvalue weighted by atomic mass is 19.2. The van der Waals surface area contributed by atoms with Gasteiger partial charge in [0.15, 0.2) is 17.6 Å². The Labute approximate surface area is 100 Å². The number of nitrogens with one attached hydrogen (secondary N) is 1. The quantitative estimate of drug-likeness (QED) is 0.387. The van der Waals surface area contributed by atoms with E-state index in [0.717, 1.165) is 0 Å². The van der Waals surface area contributed by atoms with E-state index in [1.165, 1.54) is 12.9 Å². The van der Waals surface area contributed by atoms with E-state index < -0.39 is 34.8 Å². The Bertz CT molecular complexity index is 525. The lowest BCUT2D eigenvalue weighted by Crippen LogP contribution is -2.16. The van der Waals surface area contributed by atoms with E-state index in [1.807, 2.05) is 5.32 Å². The van der Waals surface area contributed by atoms with Gasteiger partial charge in [0.1, 0.15) is 5.82 Å². The van der Waals surface area contributed by atoms with Crippen molar-refractivity contribution in [2.75, 3.05) is 11.9 Å². The van der Waals surface area contributed by atoms with Crippen LogP contribution in [0, 0.1) is 17.5 Å². The molecule has 0 saturated heterocycles. The van der Waals surface area contributed by atoms with Crippen molar-refractivity contribution in [1.29, 1.82) is 0 Å². The largest absolute Gasteiger partial charge is 0.461 e. The summed E-state index contributed by atoms with van der Waals surface area (Å²) < 4.78 is 43.2. The van der Waals surface area contributed by atoms with Crippen LogP contribution in [0.25, 0.3) is 0 Å². The SMILES string of the molecule is CCOC(=O)C(=C=O)Nc1cc(F)c(F)cc1F. The van der Waals surface area contributed by atoms with Crippen LogP contribution < -0.4 is 5.32 Å². The fourth-order valence-electron chi connectivity index (χ4n) is 1.07. The van der Waals surface area contributed by atoms with Crippen LogP contribution in [-0.4, -0.2) is 18.5 Å². The Hall–Kier alpha value is -2.27. The zero-order valence-electron chi connectivity index (χ0n) is 9.22. The van der Waals surface area contributed by atoms with Crippen molar-refractivity contribution in [2.24, 2.45) is 0 Å². The van der Waals surface area contributed by atoms with Crippen LogP contribution in [0.3, 0.4) is 0 Å². The van der Waals surface area contributed by atoms with Gasteiger partial charge in [-0.15, -0.1) is 0 Å². The van der Waals surface area contributed by atoms with Crippen molar-refractivity contribution in [3.05, 3.63) is 35.3 Å². The number of benzene rings is 1. The first-order valence-corrected chi connectivity index (χ1v) is 4.83. The van der Waals surface area contributed by atoms with Crippen molar-refractivity contribution < 1.29 is 27.5 Å². The molecule has 1 aromatic rings. The molecule has 4 nitrogen and oxygen atoms in total. The van der Waals surface area contributed by atoms with Crippen molar-refractivity contribution >= 4 is 17.6 Å². The molecule has 18 heavy (non-hydrogen) atoms. The topological polar surface area (TPSA) is 55.4 Å². The number of carbonyl (C=O) groups is 1. The van der Waals surface area contributed by atoms with Crippen molar-refractivity contribution in [3.8, 4) is 0 Å². The van der Waals surface area contributed by atoms with Gasteiger partial charge in [0, 0.05) is 12.1 Å². The summed E-state index contributed by atoms with van der Waals surface area (Å²) in [7, 11) is 0. The first-order chi connectivity index (χ1) is 8.49. The number of halogens is 3. The molecule has 0 atom stereocenters. The molecule has 0 aliphatic rings. The summed E-state index contributed by atoms with van der Waals surface area (Å²) in [5, 5.41) is 1.99. The van der Waals surface area contributed by atoms with Crippen LogP contribution in [-0.2, 0) is 14.3 Å². The summed E-state index contributed by atoms with van der Waals surface area (Å²) in [6, 6.07) is 0.756. The van der Waals surface area contributed by atoms with Gasteiger partial charge in [-0.3, -0.25) is 0 Å². The van der Waals surface area contributed by atoms with Crippen molar-refractivity contribution in [1.82, 2.24) is 0 Å². The Morgan fingerprint density at radius 1 is 1.28 bits per heavy atom. The summed E-state index contributed by atoms with van der Waals surface area (Å²) in [4.78, 5) is 21.6. The van der Waals surface area contributed by atoms with E-state index in [4.69, 9.17) is 0 Å². The van der Waals surface area contributed by atoms with E-state index >= 15 is 0 Å². The maximum atomic E-state index is 13.2. The minimum atomic E-state index is -1.38. The molecular weight excluding hydrogens is 251 g/mol. The molecule has 0 bridgehead atoms. The average molecular weight is 259 g/mol. The van der Waals surface area contributed by atoms with Crippen LogP contribution in [0.4, 0.5) is 18.9 Å². The fourth-order valence-corrected chi connectivity index (χ4v) is 1.07. The molecule has 0 heterocycles. The second kappa shape index (κ2) is 5.88. The number of hydrogen-bond acceptors (Lipinski definition) is 4. The lowest BCUT2D eigenvalue weighted by Gasteiger charge is -2.08. The molecule has 0 aliphatic heterocycles. The summed E-state index contributed by atoms with van der Waals surface area (Å²) in [6.07, 6.45) is 0. The number of carbonyl (C=O) groups excluding carboxylic acids is 2. The van der Waals surface area contributed by atoms with Gasteiger partial charge >= 0.3 is 5.97 Å². The van der Waals surface area contributed by atoms with E-state index in [0.29, 0.717) is 6.07 Å². The van der Waals surface area contributed by atoms with Crippen LogP contribution in [0.5, 0.6) is 0 Å². The van der Waals surface area contributed by atoms with Gasteiger partial charge in [0.2, 0.25) is 5.70 Å². The fraction of sp³-hybridized carbons (Fsp3) is 0.182. The lowest BCUT2D eigenvalue weighted by atomic mass is 10.2. The van der Waals surface area contributed by atoms with E-state index in [2.05, 4.69) is 4.74 Å². The van der Waals surface area contributed by atoms with Gasteiger partial charge in [0.25, 0.3) is 0 Å². The summed E-state index contributed by atoms with van der Waals surface area (Å²) in [5.41, 5.74) is -1.30. The molecular formula is C11H8F3NO3. The summed E-state index contributed by atoms with van der Waals surface area (Å²) in [6.45, 7) is 1.49. The highest BCUT2D eigenvalue weighted by molar-refractivity contribution is 5.99. The van der Waals surface area contributed by atoms with Crippen LogP contribution in [0.15, 0.2) is 17.8 Å². The molecule has 0 radical (unpaired) electrons. The van der Waals surface area contributed by atoms with E-state index in [-0.39, 0.29) is 12.7 Å². The van der Waals surface area contributed by atoms with Crippen LogP contribution >= 0.6 is 0 Å². The molecule has 0 aliphatic carbocycles. The zero-order chi connectivity index (χ0) is 13.7. The molecule has 1 rings (SSSR count). The average Bonchev–Trinajstić information content (AvgIpc) is 2.32. The maximum Gasteiger partial charge on any atom is 0.366 e. The van der Waals surface area contributed by atoms with Crippen molar-refractivity contribution in [3.63, 3.8) is 0 Å². The third kappa shape index (κ3) is 3.11. The maximum absolute atomic E-state index is 13.2. The van der Waals surface area contributed by atoms with E-state index in [1.54, 1.807) is 0 Å². The minimum Gasteiger partial charge on any atom is -0.461 e. The molecule has 1 aromatic carbocycles. The van der Waals surface area contributed by atoms with Gasteiger partial charge < -0.3 is 10.1 Å². The highest BCUT2D eigenvalue weighted by Gasteiger charge is 2.16. The Kier molecular flexibility index (Phi) is 4.51. The molecule has 0 spiro atoms. The van der Waals surface area contributed by atoms with Crippen LogP contribution in [0.2, 0.25) is 0 Å². The van der Waals surface area contributed by atoms with E-state index in [9.17, 15) is 22.8 Å². The number of ether oxygens (including phenoxy) is 1. The molecule has 0 unspecified atom stereocenters. The first kappa shape index (κ1) is 13.8. The standard InChI is InChI=1S/C11H8F3NO3/c1-2-18-11(17)10(5-16)15-9-4-7(13)6(12)3-8(9)14/h3-4,15H,2H2,1H3. The lowest BCUT2D eigenvalue weighted by molar-refractivity contribution is -0.138. The second-order valence-corrected chi connectivity index (χ2v) is 3.07. The third-order valence-corrected chi connectivity index (χ3v) is 1.85. The number of hydrogen-bond donors (Lipinski definition) is 1. The second-order valence-electron chi connectivity index (χ2n) is 3.07. The van der Waals surface area contributed by atoms with Gasteiger partial charge in [0.05, 0.1) is 12.3 Å². The summed E-state index contributed by atoms with van der Waals surface area (Å²) in [5.74, 6) is -3.75. The summed E-state index contributed by atoms with van der Waals surface area (Å²) >= 11 is 0. The van der Waals surface area contributed by atoms with Crippen LogP contribution in [0.1, 0.15) is 6.92 Å². The van der Waals surface area contributed by atoms with Gasteiger partial charge in [-0.05, 0) is 6.92 Å². The highest BCUT2D eigenvalue weighted by Crippen LogP contribution is 2.19. The molecule has 0 saturated carbocycles. The normalized spacial score (nSPS) is 9.56. The minimum absolute atomic E-state index is 0.00798. The predicted molar refractivity (Wildman–Crippen MR) is 55.8 cm³/mol. The Morgan fingerprint density at radius 3 is 2.44 bits per heavy atom. The molecule has 0 fully saturated rings.